The summed E-state index contributed by atoms with van der Waals surface area (Å²) in [5.41, 5.74) is 3.07. The standard InChI is InChI=1S/C29H39FN4O2/c1-3-4-5-14-34(25-9-6-10-26(20-25)36-2)29(35)22-33-17-15-32(16-18-33)13-7-8-23-21-31-28-12-11-24(30)19-27(23)28/h6,9-12,19-21,31H,3-5,7-8,13-18,22H2,1-2H3. The molecular formula is C29H39FN4O2. The fourth-order valence-corrected chi connectivity index (χ4v) is 4.99. The number of amides is 1. The number of fused-ring (bicyclic) bond motifs is 1. The fraction of sp³-hybridized carbons (Fsp3) is 0.483. The van der Waals surface area contributed by atoms with Gasteiger partial charge in [-0.25, -0.2) is 4.39 Å². The highest BCUT2D eigenvalue weighted by molar-refractivity contribution is 5.95. The van der Waals surface area contributed by atoms with Crippen LogP contribution in [-0.2, 0) is 11.2 Å². The summed E-state index contributed by atoms with van der Waals surface area (Å²) in [6, 6.07) is 12.7. The van der Waals surface area contributed by atoms with Crippen LogP contribution >= 0.6 is 0 Å². The number of methoxy groups -OCH3 is 1. The summed E-state index contributed by atoms with van der Waals surface area (Å²) in [6.07, 6.45) is 7.19. The number of rotatable bonds is 12. The number of aromatic amines is 1. The van der Waals surface area contributed by atoms with Crippen molar-refractivity contribution in [2.24, 2.45) is 0 Å². The Hall–Kier alpha value is -2.90. The lowest BCUT2D eigenvalue weighted by atomic mass is 10.1. The van der Waals surface area contributed by atoms with E-state index in [1.54, 1.807) is 19.2 Å². The minimum atomic E-state index is -0.190. The molecular weight excluding hydrogens is 455 g/mol. The Morgan fingerprint density at radius 3 is 2.64 bits per heavy atom. The van der Waals surface area contributed by atoms with E-state index in [4.69, 9.17) is 4.74 Å². The lowest BCUT2D eigenvalue weighted by molar-refractivity contribution is -0.120. The van der Waals surface area contributed by atoms with Gasteiger partial charge in [0.25, 0.3) is 0 Å². The van der Waals surface area contributed by atoms with Gasteiger partial charge >= 0.3 is 0 Å². The first-order chi connectivity index (χ1) is 17.6. The molecule has 0 bridgehead atoms. The van der Waals surface area contributed by atoms with Gasteiger partial charge in [-0.3, -0.25) is 9.69 Å². The van der Waals surface area contributed by atoms with E-state index in [1.165, 1.54) is 11.6 Å². The molecule has 2 aromatic carbocycles. The van der Waals surface area contributed by atoms with Crippen molar-refractivity contribution in [3.05, 3.63) is 60.0 Å². The van der Waals surface area contributed by atoms with Crippen LogP contribution in [0.25, 0.3) is 10.9 Å². The third-order valence-corrected chi connectivity index (χ3v) is 7.13. The average molecular weight is 495 g/mol. The Balaban J connectivity index is 1.25. The molecule has 1 aromatic heterocycles. The molecule has 3 aromatic rings. The van der Waals surface area contributed by atoms with E-state index in [-0.39, 0.29) is 11.7 Å². The van der Waals surface area contributed by atoms with E-state index < -0.39 is 0 Å². The quantitative estimate of drug-likeness (QED) is 0.357. The Morgan fingerprint density at radius 2 is 1.86 bits per heavy atom. The monoisotopic (exact) mass is 494 g/mol. The maximum Gasteiger partial charge on any atom is 0.241 e. The maximum absolute atomic E-state index is 13.6. The van der Waals surface area contributed by atoms with Crippen LogP contribution in [0.15, 0.2) is 48.7 Å². The number of hydrogen-bond donors (Lipinski definition) is 1. The number of H-pyrrole nitrogens is 1. The number of nitrogens with zero attached hydrogens (tertiary/aromatic N) is 3. The molecule has 0 spiro atoms. The first-order valence-electron chi connectivity index (χ1n) is 13.2. The van der Waals surface area contributed by atoms with Crippen molar-refractivity contribution in [2.45, 2.75) is 39.0 Å². The molecule has 1 aliphatic heterocycles. The molecule has 4 rings (SSSR count). The van der Waals surface area contributed by atoms with E-state index in [0.717, 1.165) is 93.7 Å². The van der Waals surface area contributed by atoms with Crippen molar-refractivity contribution < 1.29 is 13.9 Å². The Morgan fingerprint density at radius 1 is 1.06 bits per heavy atom. The number of carbonyl (C=O) groups is 1. The number of piperazine rings is 1. The van der Waals surface area contributed by atoms with Crippen LogP contribution in [-0.4, -0.2) is 73.6 Å². The second-order valence-electron chi connectivity index (χ2n) is 9.68. The molecule has 0 unspecified atom stereocenters. The molecule has 1 N–H and O–H groups in total. The molecule has 7 heteroatoms. The third kappa shape index (κ3) is 6.86. The molecule has 1 amide bonds. The van der Waals surface area contributed by atoms with Crippen LogP contribution in [0.4, 0.5) is 10.1 Å². The molecule has 2 heterocycles. The molecule has 36 heavy (non-hydrogen) atoms. The Kier molecular flexibility index (Phi) is 9.36. The van der Waals surface area contributed by atoms with Gasteiger partial charge in [0, 0.05) is 61.6 Å². The highest BCUT2D eigenvalue weighted by Crippen LogP contribution is 2.23. The van der Waals surface area contributed by atoms with Crippen LogP contribution < -0.4 is 9.64 Å². The molecule has 6 nitrogen and oxygen atoms in total. The predicted octanol–water partition coefficient (Wildman–Crippen LogP) is 5.09. The second kappa shape index (κ2) is 12.9. The number of carbonyl (C=O) groups excluding carboxylic acids is 1. The Bertz CT molecular complexity index is 1120. The number of unbranched alkanes of at least 4 members (excludes halogenated alkanes) is 2. The molecule has 0 atom stereocenters. The zero-order valence-electron chi connectivity index (χ0n) is 21.6. The summed E-state index contributed by atoms with van der Waals surface area (Å²) in [5, 5.41) is 0.984. The van der Waals surface area contributed by atoms with Crippen molar-refractivity contribution in [1.29, 1.82) is 0 Å². The predicted molar refractivity (Wildman–Crippen MR) is 144 cm³/mol. The van der Waals surface area contributed by atoms with Crippen LogP contribution in [0.2, 0.25) is 0 Å². The number of hydrogen-bond acceptors (Lipinski definition) is 4. The van der Waals surface area contributed by atoms with Crippen molar-refractivity contribution in [1.82, 2.24) is 14.8 Å². The number of benzene rings is 2. The minimum absolute atomic E-state index is 0.152. The molecule has 0 saturated carbocycles. The highest BCUT2D eigenvalue weighted by Gasteiger charge is 2.23. The van der Waals surface area contributed by atoms with Gasteiger partial charge in [0.2, 0.25) is 5.91 Å². The van der Waals surface area contributed by atoms with Gasteiger partial charge < -0.3 is 19.5 Å². The van der Waals surface area contributed by atoms with Gasteiger partial charge in [-0.2, -0.15) is 0 Å². The van der Waals surface area contributed by atoms with Crippen molar-refractivity contribution in [3.63, 3.8) is 0 Å². The van der Waals surface area contributed by atoms with Gasteiger partial charge in [-0.15, -0.1) is 0 Å². The number of aromatic nitrogens is 1. The van der Waals surface area contributed by atoms with E-state index in [0.29, 0.717) is 6.54 Å². The van der Waals surface area contributed by atoms with Crippen LogP contribution in [0.3, 0.4) is 0 Å². The van der Waals surface area contributed by atoms with E-state index in [1.807, 2.05) is 35.4 Å². The van der Waals surface area contributed by atoms with Crippen molar-refractivity contribution in [2.75, 3.05) is 57.8 Å². The molecule has 0 aliphatic carbocycles. The zero-order chi connectivity index (χ0) is 25.3. The largest absolute Gasteiger partial charge is 0.497 e. The summed E-state index contributed by atoms with van der Waals surface area (Å²) in [7, 11) is 1.65. The average Bonchev–Trinajstić information content (AvgIpc) is 3.29. The number of aryl methyl sites for hydroxylation is 1. The van der Waals surface area contributed by atoms with Gasteiger partial charge in [0.15, 0.2) is 0 Å². The van der Waals surface area contributed by atoms with E-state index in [9.17, 15) is 9.18 Å². The molecule has 1 saturated heterocycles. The lowest BCUT2D eigenvalue weighted by Gasteiger charge is -2.35. The lowest BCUT2D eigenvalue weighted by Crippen LogP contribution is -2.50. The molecule has 194 valence electrons. The summed E-state index contributed by atoms with van der Waals surface area (Å²) in [4.78, 5) is 23.2. The topological polar surface area (TPSA) is 51.8 Å². The van der Waals surface area contributed by atoms with Crippen LogP contribution in [0.1, 0.15) is 38.2 Å². The first kappa shape index (κ1) is 26.2. The van der Waals surface area contributed by atoms with Gasteiger partial charge in [-0.1, -0.05) is 25.8 Å². The number of nitrogens with one attached hydrogen (secondary N) is 1. The van der Waals surface area contributed by atoms with Gasteiger partial charge in [0.05, 0.1) is 13.7 Å². The number of ether oxygens (including phenoxy) is 1. The number of halogens is 1. The van der Waals surface area contributed by atoms with Crippen molar-refractivity contribution >= 4 is 22.5 Å². The van der Waals surface area contributed by atoms with Crippen molar-refractivity contribution in [3.8, 4) is 5.75 Å². The second-order valence-corrected chi connectivity index (χ2v) is 9.68. The summed E-state index contributed by atoms with van der Waals surface area (Å²) in [5.74, 6) is 0.732. The summed E-state index contributed by atoms with van der Waals surface area (Å²) in [6.45, 7) is 8.08. The van der Waals surface area contributed by atoms with Crippen LogP contribution in [0.5, 0.6) is 5.75 Å². The smallest absolute Gasteiger partial charge is 0.241 e. The number of anilines is 1. The third-order valence-electron chi connectivity index (χ3n) is 7.13. The SMILES string of the molecule is CCCCCN(C(=O)CN1CCN(CCCc2c[nH]c3ccc(F)cc23)CC1)c1cccc(OC)c1. The zero-order valence-corrected chi connectivity index (χ0v) is 21.6. The van der Waals surface area contributed by atoms with Crippen LogP contribution in [0, 0.1) is 5.82 Å². The fourth-order valence-electron chi connectivity index (χ4n) is 4.99. The molecule has 1 aliphatic rings. The molecule has 1 fully saturated rings. The normalized spacial score (nSPS) is 14.9. The molecule has 0 radical (unpaired) electrons. The van der Waals surface area contributed by atoms with E-state index >= 15 is 0 Å². The minimum Gasteiger partial charge on any atom is -0.497 e. The summed E-state index contributed by atoms with van der Waals surface area (Å²) < 4.78 is 19.0. The van der Waals surface area contributed by atoms with Gasteiger partial charge in [-0.05, 0) is 61.7 Å². The van der Waals surface area contributed by atoms with E-state index in [2.05, 4.69) is 21.7 Å². The Labute approximate surface area is 214 Å². The first-order valence-corrected chi connectivity index (χ1v) is 13.2. The summed E-state index contributed by atoms with van der Waals surface area (Å²) >= 11 is 0. The highest BCUT2D eigenvalue weighted by atomic mass is 19.1. The maximum atomic E-state index is 13.6. The van der Waals surface area contributed by atoms with Gasteiger partial charge in [0.1, 0.15) is 11.6 Å².